The predicted octanol–water partition coefficient (Wildman–Crippen LogP) is 6.52. The third kappa shape index (κ3) is 7.58. The number of aromatic hydroxyl groups is 2. The van der Waals surface area contributed by atoms with Crippen LogP contribution in [0, 0.1) is 0 Å². The first kappa shape index (κ1) is 21.7. The van der Waals surface area contributed by atoms with Crippen LogP contribution in [-0.4, -0.2) is 16.8 Å². The summed E-state index contributed by atoms with van der Waals surface area (Å²) >= 11 is 0. The largest absolute Gasteiger partial charge is 0.504 e. The van der Waals surface area contributed by atoms with Gasteiger partial charge in [-0.05, 0) is 43.7 Å². The second-order valence-electron chi connectivity index (χ2n) is 7.03. The van der Waals surface area contributed by atoms with Crippen molar-refractivity contribution in [2.75, 3.05) is 6.61 Å². The molecule has 0 aliphatic rings. The molecule has 0 spiro atoms. The SMILES string of the molecule is CCCCCCc1cc(O)c(O)c(OCCCC)c1CCCCCC. The zero-order valence-electron chi connectivity index (χ0n) is 16.6. The van der Waals surface area contributed by atoms with Crippen LogP contribution < -0.4 is 4.74 Å². The van der Waals surface area contributed by atoms with E-state index in [0.717, 1.165) is 49.7 Å². The van der Waals surface area contributed by atoms with Gasteiger partial charge in [0.2, 0.25) is 5.75 Å². The minimum atomic E-state index is -0.0843. The number of benzene rings is 1. The minimum Gasteiger partial charge on any atom is -0.504 e. The average Bonchev–Trinajstić information content (AvgIpc) is 2.61. The third-order valence-corrected chi connectivity index (χ3v) is 4.75. The topological polar surface area (TPSA) is 49.7 Å². The van der Waals surface area contributed by atoms with Crippen molar-refractivity contribution in [3.05, 3.63) is 17.2 Å². The Bertz CT molecular complexity index is 483. The molecule has 0 unspecified atom stereocenters. The molecule has 1 aromatic carbocycles. The number of aryl methyl sites for hydroxylation is 1. The molecule has 1 rings (SSSR count). The second-order valence-corrected chi connectivity index (χ2v) is 7.03. The van der Waals surface area contributed by atoms with Crippen LogP contribution in [0.5, 0.6) is 17.2 Å². The number of rotatable bonds is 14. The number of hydrogen-bond donors (Lipinski definition) is 2. The van der Waals surface area contributed by atoms with Gasteiger partial charge in [-0.2, -0.15) is 0 Å². The van der Waals surface area contributed by atoms with Gasteiger partial charge in [0, 0.05) is 5.56 Å². The van der Waals surface area contributed by atoms with Crippen LogP contribution in [0.2, 0.25) is 0 Å². The van der Waals surface area contributed by atoms with Gasteiger partial charge in [0.15, 0.2) is 11.5 Å². The maximum absolute atomic E-state index is 10.3. The molecular weight excluding hydrogens is 312 g/mol. The molecule has 0 radical (unpaired) electrons. The number of unbranched alkanes of at least 4 members (excludes halogenated alkanes) is 7. The molecule has 144 valence electrons. The third-order valence-electron chi connectivity index (χ3n) is 4.75. The van der Waals surface area contributed by atoms with E-state index in [-0.39, 0.29) is 11.5 Å². The van der Waals surface area contributed by atoms with E-state index in [2.05, 4.69) is 20.8 Å². The highest BCUT2D eigenvalue weighted by atomic mass is 16.5. The lowest BCUT2D eigenvalue weighted by Gasteiger charge is -2.18. The monoisotopic (exact) mass is 350 g/mol. The van der Waals surface area contributed by atoms with E-state index in [9.17, 15) is 10.2 Å². The summed E-state index contributed by atoms with van der Waals surface area (Å²) in [6, 6.07) is 1.75. The lowest BCUT2D eigenvalue weighted by Crippen LogP contribution is -2.04. The van der Waals surface area contributed by atoms with Crippen molar-refractivity contribution < 1.29 is 14.9 Å². The van der Waals surface area contributed by atoms with E-state index in [4.69, 9.17) is 4.74 Å². The Morgan fingerprint density at radius 1 is 0.760 bits per heavy atom. The predicted molar refractivity (Wildman–Crippen MR) is 106 cm³/mol. The summed E-state index contributed by atoms with van der Waals surface area (Å²) in [4.78, 5) is 0. The average molecular weight is 351 g/mol. The van der Waals surface area contributed by atoms with Gasteiger partial charge in [-0.15, -0.1) is 0 Å². The zero-order chi connectivity index (χ0) is 18.5. The molecule has 1 aromatic rings. The molecule has 0 atom stereocenters. The van der Waals surface area contributed by atoms with E-state index in [1.807, 2.05) is 0 Å². The van der Waals surface area contributed by atoms with Crippen molar-refractivity contribution in [2.24, 2.45) is 0 Å². The van der Waals surface area contributed by atoms with Gasteiger partial charge in [-0.25, -0.2) is 0 Å². The summed E-state index contributed by atoms with van der Waals surface area (Å²) in [7, 11) is 0. The van der Waals surface area contributed by atoms with Crippen LogP contribution in [-0.2, 0) is 12.8 Å². The van der Waals surface area contributed by atoms with E-state index in [1.165, 1.54) is 38.5 Å². The molecule has 0 heterocycles. The molecule has 0 aliphatic heterocycles. The highest BCUT2D eigenvalue weighted by Gasteiger charge is 2.18. The zero-order valence-corrected chi connectivity index (χ0v) is 16.6. The standard InChI is InChI=1S/C22H38O3/c1-4-7-10-12-14-18-17-20(23)21(24)22(25-16-9-6-3)19(18)15-13-11-8-5-2/h17,23-24H,4-16H2,1-3H3. The van der Waals surface area contributed by atoms with Crippen LogP contribution in [0.15, 0.2) is 6.07 Å². The fourth-order valence-electron chi connectivity index (χ4n) is 3.17. The van der Waals surface area contributed by atoms with Crippen LogP contribution >= 0.6 is 0 Å². The number of ether oxygens (including phenoxy) is 1. The number of hydrogen-bond acceptors (Lipinski definition) is 3. The number of phenolic OH excluding ortho intramolecular Hbond substituents is 2. The normalized spacial score (nSPS) is 11.0. The second kappa shape index (κ2) is 12.9. The van der Waals surface area contributed by atoms with Gasteiger partial charge in [-0.1, -0.05) is 65.7 Å². The summed E-state index contributed by atoms with van der Waals surface area (Å²) in [5, 5.41) is 20.5. The fourth-order valence-corrected chi connectivity index (χ4v) is 3.17. The van der Waals surface area contributed by atoms with Crippen molar-refractivity contribution in [3.8, 4) is 17.2 Å². The number of phenols is 2. The quantitative estimate of drug-likeness (QED) is 0.296. The summed E-state index contributed by atoms with van der Waals surface area (Å²) in [5.74, 6) is 0.392. The summed E-state index contributed by atoms with van der Waals surface area (Å²) < 4.78 is 5.90. The molecule has 0 aromatic heterocycles. The molecule has 0 saturated heterocycles. The fraction of sp³-hybridized carbons (Fsp3) is 0.727. The molecular formula is C22H38O3. The lowest BCUT2D eigenvalue weighted by atomic mass is 9.95. The van der Waals surface area contributed by atoms with Crippen molar-refractivity contribution in [1.82, 2.24) is 0 Å². The van der Waals surface area contributed by atoms with Gasteiger partial charge >= 0.3 is 0 Å². The van der Waals surface area contributed by atoms with E-state index >= 15 is 0 Å². The first-order chi connectivity index (χ1) is 12.2. The van der Waals surface area contributed by atoms with Crippen molar-refractivity contribution in [3.63, 3.8) is 0 Å². The van der Waals surface area contributed by atoms with Crippen LogP contribution in [0.25, 0.3) is 0 Å². The van der Waals surface area contributed by atoms with E-state index in [1.54, 1.807) is 6.07 Å². The summed E-state index contributed by atoms with van der Waals surface area (Å²) in [6.07, 6.45) is 13.4. The van der Waals surface area contributed by atoms with Gasteiger partial charge < -0.3 is 14.9 Å². The van der Waals surface area contributed by atoms with Crippen molar-refractivity contribution in [2.45, 2.75) is 97.8 Å². The Morgan fingerprint density at radius 3 is 1.96 bits per heavy atom. The first-order valence-electron chi connectivity index (χ1n) is 10.3. The van der Waals surface area contributed by atoms with E-state index in [0.29, 0.717) is 12.4 Å². The Labute approximate surface area is 154 Å². The molecule has 0 aliphatic carbocycles. The first-order valence-corrected chi connectivity index (χ1v) is 10.3. The summed E-state index contributed by atoms with van der Waals surface area (Å²) in [5.41, 5.74) is 2.26. The van der Waals surface area contributed by atoms with Gasteiger partial charge in [0.05, 0.1) is 6.61 Å². The van der Waals surface area contributed by atoms with Crippen molar-refractivity contribution in [1.29, 1.82) is 0 Å². The Balaban J connectivity index is 2.96. The smallest absolute Gasteiger partial charge is 0.200 e. The minimum absolute atomic E-state index is 0.0469. The maximum atomic E-state index is 10.3. The molecule has 0 saturated carbocycles. The Morgan fingerprint density at radius 2 is 1.36 bits per heavy atom. The van der Waals surface area contributed by atoms with Crippen LogP contribution in [0.3, 0.4) is 0 Å². The summed E-state index contributed by atoms with van der Waals surface area (Å²) in [6.45, 7) is 7.14. The molecule has 3 nitrogen and oxygen atoms in total. The highest BCUT2D eigenvalue weighted by Crippen LogP contribution is 2.42. The molecule has 25 heavy (non-hydrogen) atoms. The van der Waals surface area contributed by atoms with Gasteiger partial charge in [0.25, 0.3) is 0 Å². The Kier molecular flexibility index (Phi) is 11.2. The van der Waals surface area contributed by atoms with Crippen LogP contribution in [0.1, 0.15) is 96.1 Å². The molecule has 2 N–H and O–H groups in total. The Hall–Kier alpha value is -1.38. The van der Waals surface area contributed by atoms with Crippen molar-refractivity contribution >= 4 is 0 Å². The van der Waals surface area contributed by atoms with Gasteiger partial charge in [0.1, 0.15) is 0 Å². The maximum Gasteiger partial charge on any atom is 0.200 e. The molecule has 0 amide bonds. The lowest BCUT2D eigenvalue weighted by molar-refractivity contribution is 0.282. The van der Waals surface area contributed by atoms with Crippen LogP contribution in [0.4, 0.5) is 0 Å². The molecule has 0 fully saturated rings. The molecule has 0 bridgehead atoms. The highest BCUT2D eigenvalue weighted by molar-refractivity contribution is 5.58. The molecule has 3 heteroatoms. The van der Waals surface area contributed by atoms with E-state index < -0.39 is 0 Å². The van der Waals surface area contributed by atoms with Gasteiger partial charge in [-0.3, -0.25) is 0 Å².